The highest BCUT2D eigenvalue weighted by Crippen LogP contribution is 2.37. The highest BCUT2D eigenvalue weighted by Gasteiger charge is 2.35. The van der Waals surface area contributed by atoms with Crippen molar-refractivity contribution in [3.63, 3.8) is 0 Å². The Kier molecular flexibility index (Phi) is 5.89. The molecule has 1 aliphatic heterocycles. The van der Waals surface area contributed by atoms with Crippen LogP contribution in [0.15, 0.2) is 18.2 Å². The summed E-state index contributed by atoms with van der Waals surface area (Å²) in [7, 11) is 0. The quantitative estimate of drug-likeness (QED) is 0.475. The van der Waals surface area contributed by atoms with E-state index < -0.39 is 34.3 Å². The Morgan fingerprint density at radius 1 is 1.38 bits per heavy atom. The van der Waals surface area contributed by atoms with Gasteiger partial charge in [0, 0.05) is 18.7 Å². The fourth-order valence-corrected chi connectivity index (χ4v) is 1.67. The van der Waals surface area contributed by atoms with E-state index in [1.54, 1.807) is 0 Å². The van der Waals surface area contributed by atoms with Crippen LogP contribution in [-0.4, -0.2) is 29.3 Å². The van der Waals surface area contributed by atoms with E-state index in [0.717, 1.165) is 25.5 Å². The molecule has 0 bridgehead atoms. The lowest BCUT2D eigenvalue weighted by Crippen LogP contribution is -2.30. The lowest BCUT2D eigenvalue weighted by molar-refractivity contribution is -0.385. The van der Waals surface area contributed by atoms with Crippen LogP contribution in [0.4, 0.5) is 23.2 Å². The van der Waals surface area contributed by atoms with Crippen molar-refractivity contribution in [1.29, 1.82) is 0 Å². The van der Waals surface area contributed by atoms with Crippen LogP contribution < -0.4 is 5.32 Å². The molecule has 0 amide bonds. The van der Waals surface area contributed by atoms with Crippen molar-refractivity contribution < 1.29 is 27.6 Å². The molecule has 0 spiro atoms. The van der Waals surface area contributed by atoms with Gasteiger partial charge in [0.05, 0.1) is 4.92 Å². The Labute approximate surface area is 117 Å². The molecule has 0 aromatic heterocycles. The molecule has 1 fully saturated rings. The monoisotopic (exact) mass is 310 g/mol. The number of alkyl halides is 4. The van der Waals surface area contributed by atoms with E-state index in [2.05, 4.69) is 5.32 Å². The van der Waals surface area contributed by atoms with Crippen LogP contribution in [0.25, 0.3) is 0 Å². The van der Waals surface area contributed by atoms with Crippen LogP contribution >= 0.6 is 0 Å². The van der Waals surface area contributed by atoms with Crippen molar-refractivity contribution in [2.24, 2.45) is 0 Å². The molecule has 5 nitrogen and oxygen atoms in total. The molecule has 21 heavy (non-hydrogen) atoms. The molecule has 1 aliphatic rings. The number of phenolic OH excluding ortho intramolecular Hbond substituents is 1. The molecule has 1 atom stereocenters. The van der Waals surface area contributed by atoms with E-state index in [9.17, 15) is 27.7 Å². The highest BCUT2D eigenvalue weighted by molar-refractivity contribution is 5.44. The third kappa shape index (κ3) is 5.54. The van der Waals surface area contributed by atoms with Gasteiger partial charge in [0.1, 0.15) is 17.5 Å². The minimum absolute atomic E-state index is 0.287. The number of piperidine rings is 1. The number of hydrogen-bond donors (Lipinski definition) is 2. The Bertz CT molecular complexity index is 488. The maximum Gasteiger partial charge on any atom is 0.420 e. The number of halogens is 4. The Morgan fingerprint density at radius 2 is 2.05 bits per heavy atom. The maximum atomic E-state index is 12.1. The second-order valence-corrected chi connectivity index (χ2v) is 4.40. The third-order valence-electron chi connectivity index (χ3n) is 2.73. The normalized spacial score (nSPS) is 18.6. The molecule has 0 saturated carbocycles. The molecule has 1 unspecified atom stereocenters. The van der Waals surface area contributed by atoms with Gasteiger partial charge in [-0.05, 0) is 25.5 Å². The van der Waals surface area contributed by atoms with Crippen molar-refractivity contribution in [2.45, 2.75) is 25.2 Å². The summed E-state index contributed by atoms with van der Waals surface area (Å²) >= 11 is 0. The topological polar surface area (TPSA) is 75.4 Å². The molecule has 1 saturated heterocycles. The summed E-state index contributed by atoms with van der Waals surface area (Å²) in [6.07, 6.45) is -3.61. The minimum atomic E-state index is -4.80. The number of rotatable bonds is 1. The second kappa shape index (κ2) is 7.21. The standard InChI is InChI=1S/C7H4F3NO3.C5H10FN/c8-7(9,10)5-3-4(11(13)14)1-2-6(5)12;6-5-2-1-3-7-4-5/h1-3,12H;5,7H,1-4H2. The lowest BCUT2D eigenvalue weighted by atomic mass is 10.1. The summed E-state index contributed by atoms with van der Waals surface area (Å²) in [4.78, 5) is 9.18. The molecule has 9 heteroatoms. The van der Waals surface area contributed by atoms with Crippen molar-refractivity contribution in [1.82, 2.24) is 5.32 Å². The fraction of sp³-hybridized carbons (Fsp3) is 0.500. The Morgan fingerprint density at radius 3 is 2.43 bits per heavy atom. The van der Waals surface area contributed by atoms with Gasteiger partial charge in [-0.2, -0.15) is 13.2 Å². The first-order valence-corrected chi connectivity index (χ1v) is 6.11. The molecule has 2 rings (SSSR count). The van der Waals surface area contributed by atoms with E-state index in [0.29, 0.717) is 12.6 Å². The van der Waals surface area contributed by atoms with Gasteiger partial charge in [-0.3, -0.25) is 10.1 Å². The number of nitro benzene ring substituents is 1. The number of non-ortho nitro benzene ring substituents is 1. The van der Waals surface area contributed by atoms with E-state index in [4.69, 9.17) is 5.11 Å². The van der Waals surface area contributed by atoms with E-state index in [1.807, 2.05) is 0 Å². The number of nitro groups is 1. The zero-order valence-electron chi connectivity index (χ0n) is 10.9. The van der Waals surface area contributed by atoms with Gasteiger partial charge in [-0.1, -0.05) is 0 Å². The first-order valence-electron chi connectivity index (χ1n) is 6.11. The first kappa shape index (κ1) is 17.2. The summed E-state index contributed by atoms with van der Waals surface area (Å²) in [6, 6.07) is 1.72. The predicted molar refractivity (Wildman–Crippen MR) is 66.8 cm³/mol. The van der Waals surface area contributed by atoms with Crippen LogP contribution in [0.3, 0.4) is 0 Å². The van der Waals surface area contributed by atoms with Crippen molar-refractivity contribution in [3.05, 3.63) is 33.9 Å². The first-order chi connectivity index (χ1) is 9.71. The second-order valence-electron chi connectivity index (χ2n) is 4.40. The molecule has 1 aromatic rings. The zero-order chi connectivity index (χ0) is 16.0. The predicted octanol–water partition coefficient (Wildman–Crippen LogP) is 3.03. The molecule has 1 heterocycles. The largest absolute Gasteiger partial charge is 0.507 e. The SMILES string of the molecule is FC1CCCNC1.O=[N+]([O-])c1ccc(O)c(C(F)(F)F)c1. The summed E-state index contributed by atoms with van der Waals surface area (Å²) in [5.41, 5.74) is -2.12. The van der Waals surface area contributed by atoms with Crippen molar-refractivity contribution in [2.75, 3.05) is 13.1 Å². The minimum Gasteiger partial charge on any atom is -0.507 e. The molecular weight excluding hydrogens is 296 g/mol. The Hall–Kier alpha value is -1.90. The molecule has 118 valence electrons. The third-order valence-corrected chi connectivity index (χ3v) is 2.73. The number of benzene rings is 1. The van der Waals surface area contributed by atoms with Crippen LogP contribution in [0.5, 0.6) is 5.75 Å². The number of aromatic hydroxyl groups is 1. The van der Waals surface area contributed by atoms with Crippen LogP contribution in [0, 0.1) is 10.1 Å². The van der Waals surface area contributed by atoms with Gasteiger partial charge in [0.25, 0.3) is 5.69 Å². The van der Waals surface area contributed by atoms with E-state index in [1.165, 1.54) is 0 Å². The van der Waals surface area contributed by atoms with E-state index >= 15 is 0 Å². The maximum absolute atomic E-state index is 12.1. The average Bonchev–Trinajstić information content (AvgIpc) is 2.39. The highest BCUT2D eigenvalue weighted by atomic mass is 19.4. The van der Waals surface area contributed by atoms with E-state index in [-0.39, 0.29) is 6.07 Å². The summed E-state index contributed by atoms with van der Waals surface area (Å²) < 4.78 is 48.4. The summed E-state index contributed by atoms with van der Waals surface area (Å²) in [5, 5.41) is 21.9. The van der Waals surface area contributed by atoms with Gasteiger partial charge in [-0.15, -0.1) is 0 Å². The van der Waals surface area contributed by atoms with Gasteiger partial charge in [0.15, 0.2) is 0 Å². The van der Waals surface area contributed by atoms with Gasteiger partial charge >= 0.3 is 6.18 Å². The molecular formula is C12H14F4N2O3. The molecule has 2 N–H and O–H groups in total. The Balaban J connectivity index is 0.000000262. The smallest absolute Gasteiger partial charge is 0.420 e. The lowest BCUT2D eigenvalue weighted by Gasteiger charge is -2.14. The molecule has 0 radical (unpaired) electrons. The van der Waals surface area contributed by atoms with Crippen molar-refractivity contribution >= 4 is 5.69 Å². The van der Waals surface area contributed by atoms with Crippen LogP contribution in [-0.2, 0) is 6.18 Å². The molecule has 0 aliphatic carbocycles. The van der Waals surface area contributed by atoms with Gasteiger partial charge < -0.3 is 10.4 Å². The summed E-state index contributed by atoms with van der Waals surface area (Å²) in [6.45, 7) is 1.57. The average molecular weight is 310 g/mol. The number of phenols is 1. The summed E-state index contributed by atoms with van der Waals surface area (Å²) in [5.74, 6) is -1.02. The fourth-order valence-electron chi connectivity index (χ4n) is 1.67. The number of hydrogen-bond acceptors (Lipinski definition) is 4. The van der Waals surface area contributed by atoms with Crippen LogP contribution in [0.1, 0.15) is 18.4 Å². The number of nitrogens with one attached hydrogen (secondary N) is 1. The van der Waals surface area contributed by atoms with Crippen molar-refractivity contribution in [3.8, 4) is 5.75 Å². The van der Waals surface area contributed by atoms with Gasteiger partial charge in [0.2, 0.25) is 0 Å². The number of nitrogens with zero attached hydrogens (tertiary/aromatic N) is 1. The van der Waals surface area contributed by atoms with Gasteiger partial charge in [-0.25, -0.2) is 4.39 Å². The molecule has 1 aromatic carbocycles. The van der Waals surface area contributed by atoms with Crippen LogP contribution in [0.2, 0.25) is 0 Å². The zero-order valence-corrected chi connectivity index (χ0v) is 10.9.